The number of benzene rings is 1. The summed E-state index contributed by atoms with van der Waals surface area (Å²) in [6.45, 7) is 8.31. The van der Waals surface area contributed by atoms with Crippen molar-refractivity contribution in [1.29, 1.82) is 0 Å². The number of carbonyl (C=O) groups excluding carboxylic acids is 4. The Morgan fingerprint density at radius 1 is 1.07 bits per heavy atom. The predicted molar refractivity (Wildman–Crippen MR) is 205 cm³/mol. The molecule has 302 valence electrons. The molecule has 4 aliphatic carbocycles. The van der Waals surface area contributed by atoms with Gasteiger partial charge in [0.1, 0.15) is 23.9 Å². The van der Waals surface area contributed by atoms with E-state index in [0.717, 1.165) is 5.56 Å². The van der Waals surface area contributed by atoms with Crippen LogP contribution in [0.4, 0.5) is 4.39 Å². The average Bonchev–Trinajstić information content (AvgIpc) is 3.36. The molecule has 3 fully saturated rings. The average molecular weight is 777 g/mol. The van der Waals surface area contributed by atoms with Crippen LogP contribution in [0.15, 0.2) is 72.7 Å². The summed E-state index contributed by atoms with van der Waals surface area (Å²) in [5, 5.41) is 56.4. The number of rotatable bonds is 11. The Morgan fingerprint density at radius 2 is 1.77 bits per heavy atom. The second-order valence-corrected chi connectivity index (χ2v) is 16.7. The van der Waals surface area contributed by atoms with Gasteiger partial charge in [-0.3, -0.25) is 24.2 Å². The summed E-state index contributed by atoms with van der Waals surface area (Å²) in [4.78, 5) is 57.5. The minimum atomic E-state index is -1.98. The van der Waals surface area contributed by atoms with Crippen LogP contribution in [-0.2, 0) is 20.8 Å². The molecular weight excluding hydrogens is 722 g/mol. The smallest absolute Gasteiger partial charge is 0.426 e. The molecule has 0 bridgehead atoms. The third-order valence-electron chi connectivity index (χ3n) is 12.9. The maximum absolute atomic E-state index is 16.9. The van der Waals surface area contributed by atoms with Crippen LogP contribution in [-0.4, -0.2) is 102 Å². The largest absolute Gasteiger partial charge is 0.475 e. The Kier molecular flexibility index (Phi) is 12.9. The first kappa shape index (κ1) is 43.0. The summed E-state index contributed by atoms with van der Waals surface area (Å²) in [6.07, 6.45) is 9.22. The number of nitrogens with one attached hydrogen (secondary N) is 2. The SMILES string of the molecule is CC(C)C[C@H](NC(=O)[C@H](Cc1ccccc1)NC(=O)c1cnccn1)B(O)O.C[C@@H]1C[C@H]2[C@@H]3CCC4=CC(=O)C=C[C@]4(C)[C@@]3(F)[C@@H](O)C[C@]2(C)[C@@]1(O)C(=O)CO. The summed E-state index contributed by atoms with van der Waals surface area (Å²) in [5.41, 5.74) is -4.22. The Bertz CT molecular complexity index is 1830. The van der Waals surface area contributed by atoms with Crippen molar-refractivity contribution in [1.82, 2.24) is 20.6 Å². The van der Waals surface area contributed by atoms with E-state index in [4.69, 9.17) is 0 Å². The molecule has 0 spiro atoms. The number of aromatic nitrogens is 2. The molecule has 10 atom stereocenters. The predicted octanol–water partition coefficient (Wildman–Crippen LogP) is 2.26. The van der Waals surface area contributed by atoms with Crippen molar-refractivity contribution in [3.8, 4) is 0 Å². The van der Waals surface area contributed by atoms with Crippen LogP contribution in [0.1, 0.15) is 82.8 Å². The molecule has 56 heavy (non-hydrogen) atoms. The third-order valence-corrected chi connectivity index (χ3v) is 12.9. The van der Waals surface area contributed by atoms with Gasteiger partial charge in [0, 0.05) is 35.6 Å². The lowest BCUT2D eigenvalue weighted by Gasteiger charge is -2.62. The molecule has 0 saturated heterocycles. The number of alkyl halides is 1. The molecule has 1 heterocycles. The lowest BCUT2D eigenvalue weighted by molar-refractivity contribution is -0.219. The van der Waals surface area contributed by atoms with E-state index in [0.29, 0.717) is 31.3 Å². The van der Waals surface area contributed by atoms with Gasteiger partial charge in [-0.15, -0.1) is 0 Å². The molecule has 1 aromatic heterocycles. The topological polar surface area (TPSA) is 219 Å². The number of aliphatic hydroxyl groups excluding tert-OH is 2. The lowest BCUT2D eigenvalue weighted by Crippen LogP contribution is -2.69. The van der Waals surface area contributed by atoms with Gasteiger partial charge in [-0.25, -0.2) is 9.37 Å². The standard InChI is InChI=1S/C22H29FO5.C19H25BN4O4/c1-12-8-16-15-5-4-13-9-14(25)6-7-19(13,2)21(15,23)17(26)10-20(16,3)22(12,28)18(27)11-24;1-13(2)10-17(20(27)28)24-18(25)15(11-14-6-4-3-5-7-14)23-19(26)16-12-21-8-9-22-16/h6-7,9,12,15-17,24,26,28H,4-5,8,10-11H2,1-3H3;3-9,12-13,15,17,27-28H,10-11H2,1-2H3,(H,23,26)(H,24,25)/t12-,15+,16+,17+,19+,20+,21+,22+;15-,17-/m10/s1. The van der Waals surface area contributed by atoms with Gasteiger partial charge in [0.25, 0.3) is 5.91 Å². The number of aliphatic hydroxyl groups is 3. The highest BCUT2D eigenvalue weighted by Gasteiger charge is 2.75. The fourth-order valence-corrected chi connectivity index (χ4v) is 10.0. The Balaban J connectivity index is 0.000000214. The highest BCUT2D eigenvalue weighted by molar-refractivity contribution is 6.43. The van der Waals surface area contributed by atoms with E-state index >= 15 is 4.39 Å². The molecule has 3 saturated carbocycles. The third kappa shape index (κ3) is 7.76. The molecule has 2 amide bonds. The van der Waals surface area contributed by atoms with Gasteiger partial charge in [-0.2, -0.15) is 0 Å². The summed E-state index contributed by atoms with van der Waals surface area (Å²) >= 11 is 0. The molecule has 1 aromatic carbocycles. The maximum Gasteiger partial charge on any atom is 0.475 e. The second-order valence-electron chi connectivity index (χ2n) is 16.7. The van der Waals surface area contributed by atoms with Crippen LogP contribution >= 0.6 is 0 Å². The summed E-state index contributed by atoms with van der Waals surface area (Å²) < 4.78 is 16.9. The zero-order chi connectivity index (χ0) is 41.2. The van der Waals surface area contributed by atoms with Gasteiger partial charge < -0.3 is 36.0 Å². The van der Waals surface area contributed by atoms with E-state index in [-0.39, 0.29) is 36.2 Å². The first-order valence-corrected chi connectivity index (χ1v) is 19.3. The van der Waals surface area contributed by atoms with Crippen LogP contribution in [0, 0.1) is 34.5 Å². The van der Waals surface area contributed by atoms with Crippen LogP contribution < -0.4 is 10.6 Å². The molecule has 13 nitrogen and oxygen atoms in total. The molecule has 0 radical (unpaired) electrons. The van der Waals surface area contributed by atoms with Gasteiger partial charge in [0.05, 0.1) is 18.2 Å². The van der Waals surface area contributed by atoms with Crippen molar-refractivity contribution in [3.63, 3.8) is 0 Å². The van der Waals surface area contributed by atoms with Crippen molar-refractivity contribution in [2.45, 2.75) is 103 Å². The minimum absolute atomic E-state index is 0.0676. The number of halogens is 1. The Morgan fingerprint density at radius 3 is 2.38 bits per heavy atom. The number of hydrogen-bond acceptors (Lipinski definition) is 11. The Hall–Kier alpha value is -4.15. The number of Topliss-reactive ketones (excluding diaryl/α,β-unsaturated/α-hetero) is 1. The van der Waals surface area contributed by atoms with Crippen molar-refractivity contribution < 1.29 is 48.9 Å². The summed E-state index contributed by atoms with van der Waals surface area (Å²) in [6, 6.07) is 8.33. The molecular formula is C41H54BFN4O9. The molecule has 2 aromatic rings. The van der Waals surface area contributed by atoms with Crippen LogP contribution in [0.25, 0.3) is 0 Å². The lowest BCUT2D eigenvalue weighted by atomic mass is 9.44. The van der Waals surface area contributed by atoms with E-state index in [2.05, 4.69) is 20.6 Å². The number of allylic oxidation sites excluding steroid dienone is 4. The Labute approximate surface area is 327 Å². The van der Waals surface area contributed by atoms with E-state index in [1.165, 1.54) is 30.7 Å². The van der Waals surface area contributed by atoms with Gasteiger partial charge in [-0.1, -0.05) is 69.7 Å². The number of hydrogen-bond donors (Lipinski definition) is 7. The molecule has 7 N–H and O–H groups in total. The van der Waals surface area contributed by atoms with Gasteiger partial charge in [0.2, 0.25) is 5.91 Å². The second kappa shape index (κ2) is 16.8. The quantitative estimate of drug-likeness (QED) is 0.164. The highest BCUT2D eigenvalue weighted by atomic mass is 19.1. The first-order valence-electron chi connectivity index (χ1n) is 19.3. The van der Waals surface area contributed by atoms with E-state index in [1.54, 1.807) is 26.8 Å². The number of fused-ring (bicyclic) bond motifs is 5. The minimum Gasteiger partial charge on any atom is -0.426 e. The van der Waals surface area contributed by atoms with E-state index in [9.17, 15) is 44.5 Å². The maximum atomic E-state index is 16.9. The number of nitrogens with zero attached hydrogens (tertiary/aromatic N) is 2. The molecule has 15 heteroatoms. The van der Waals surface area contributed by atoms with E-state index in [1.807, 2.05) is 44.2 Å². The fourth-order valence-electron chi connectivity index (χ4n) is 10.0. The number of amides is 2. The molecule has 0 aliphatic heterocycles. The molecule has 0 unspecified atom stereocenters. The molecule has 4 aliphatic rings. The van der Waals surface area contributed by atoms with Crippen molar-refractivity contribution in [2.24, 2.45) is 34.5 Å². The van der Waals surface area contributed by atoms with Crippen molar-refractivity contribution >= 4 is 30.5 Å². The summed E-state index contributed by atoms with van der Waals surface area (Å²) in [5.74, 6) is -3.84. The zero-order valence-corrected chi connectivity index (χ0v) is 32.6. The van der Waals surface area contributed by atoms with Crippen molar-refractivity contribution in [3.05, 3.63) is 84.0 Å². The van der Waals surface area contributed by atoms with Crippen LogP contribution in [0.3, 0.4) is 0 Å². The first-order chi connectivity index (χ1) is 26.3. The van der Waals surface area contributed by atoms with Crippen LogP contribution in [0.2, 0.25) is 0 Å². The van der Waals surface area contributed by atoms with Gasteiger partial charge in [-0.05, 0) is 74.5 Å². The number of carbonyl (C=O) groups is 4. The number of ketones is 2. The van der Waals surface area contributed by atoms with E-state index < -0.39 is 83.3 Å². The van der Waals surface area contributed by atoms with Crippen LogP contribution in [0.5, 0.6) is 0 Å². The van der Waals surface area contributed by atoms with Gasteiger partial charge >= 0.3 is 7.12 Å². The molecule has 6 rings (SSSR count). The summed E-state index contributed by atoms with van der Waals surface area (Å²) in [7, 11) is -1.69. The monoisotopic (exact) mass is 776 g/mol. The zero-order valence-electron chi connectivity index (χ0n) is 32.6. The van der Waals surface area contributed by atoms with Crippen molar-refractivity contribution in [2.75, 3.05) is 6.61 Å². The highest BCUT2D eigenvalue weighted by Crippen LogP contribution is 2.70. The fraction of sp³-hybridized carbons (Fsp3) is 0.561. The van der Waals surface area contributed by atoms with Gasteiger partial charge in [0.15, 0.2) is 17.2 Å². The normalized spacial score (nSPS) is 32.7.